The Bertz CT molecular complexity index is 1410. The lowest BCUT2D eigenvalue weighted by molar-refractivity contribution is -0.145. The lowest BCUT2D eigenvalue weighted by atomic mass is 10.1. The smallest absolute Gasteiger partial charge is 0.324 e. The molecule has 3 aromatic carbocycles. The van der Waals surface area contributed by atoms with Gasteiger partial charge in [0.1, 0.15) is 6.04 Å². The summed E-state index contributed by atoms with van der Waals surface area (Å²) in [4.78, 5) is 15.6. The summed E-state index contributed by atoms with van der Waals surface area (Å²) in [6, 6.07) is 15.4. The Kier molecular flexibility index (Phi) is 6.34. The number of esters is 1. The molecule has 0 saturated carbocycles. The van der Waals surface area contributed by atoms with Crippen molar-refractivity contribution in [3.8, 4) is 0 Å². The van der Waals surface area contributed by atoms with Gasteiger partial charge in [-0.05, 0) is 47.5 Å². The topological polar surface area (TPSA) is 135 Å². The molecule has 9 nitrogen and oxygen atoms in total. The molecule has 1 heterocycles. The van der Waals surface area contributed by atoms with Crippen LogP contribution in [0.4, 0.5) is 5.69 Å². The lowest BCUT2D eigenvalue weighted by Gasteiger charge is -2.21. The first kappa shape index (κ1) is 22.7. The molecule has 1 aromatic heterocycles. The van der Waals surface area contributed by atoms with Crippen molar-refractivity contribution in [1.82, 2.24) is 9.71 Å². The number of aromatic nitrogens is 1. The number of hydrogen-bond acceptors (Lipinski definition) is 7. The summed E-state index contributed by atoms with van der Waals surface area (Å²) in [6.45, 7) is 1.74. The number of carbonyl (C=O) groups is 1. The Morgan fingerprint density at radius 2 is 1.91 bits per heavy atom. The summed E-state index contributed by atoms with van der Waals surface area (Å²) in [7, 11) is -4.03. The maximum absolute atomic E-state index is 13.1. The second-order valence-electron chi connectivity index (χ2n) is 7.46. The van der Waals surface area contributed by atoms with Crippen LogP contribution in [0, 0.1) is 5.21 Å². The molecular formula is C23H22N3O6S-. The third-order valence-corrected chi connectivity index (χ3v) is 6.77. The summed E-state index contributed by atoms with van der Waals surface area (Å²) in [5.74, 6) is -0.700. The third-order valence-electron chi connectivity index (χ3n) is 5.30. The van der Waals surface area contributed by atoms with Gasteiger partial charge < -0.3 is 20.2 Å². The fraction of sp³-hybridized carbons (Fsp3) is 0.174. The quantitative estimate of drug-likeness (QED) is 0.266. The van der Waals surface area contributed by atoms with E-state index in [1.807, 2.05) is 24.3 Å². The first-order valence-electron chi connectivity index (χ1n) is 10.2. The van der Waals surface area contributed by atoms with Crippen LogP contribution >= 0.6 is 0 Å². The molecule has 0 aliphatic carbocycles. The minimum absolute atomic E-state index is 0.0191. The molecule has 0 fully saturated rings. The summed E-state index contributed by atoms with van der Waals surface area (Å²) in [5, 5.41) is 22.3. The third kappa shape index (κ3) is 4.83. The Labute approximate surface area is 190 Å². The van der Waals surface area contributed by atoms with Crippen molar-refractivity contribution in [3.63, 3.8) is 0 Å². The maximum Gasteiger partial charge on any atom is 0.324 e. The van der Waals surface area contributed by atoms with E-state index in [0.29, 0.717) is 16.5 Å². The molecule has 3 N–H and O–H groups in total. The van der Waals surface area contributed by atoms with E-state index in [1.54, 1.807) is 31.3 Å². The van der Waals surface area contributed by atoms with E-state index < -0.39 is 22.0 Å². The Morgan fingerprint density at radius 3 is 2.64 bits per heavy atom. The number of benzene rings is 3. The number of anilines is 1. The van der Waals surface area contributed by atoms with Gasteiger partial charge in [0.2, 0.25) is 10.0 Å². The van der Waals surface area contributed by atoms with Gasteiger partial charge in [-0.15, -0.1) is 0 Å². The molecule has 0 radical (unpaired) electrons. The van der Waals surface area contributed by atoms with E-state index in [4.69, 9.17) is 9.94 Å². The standard InChI is InChI=1S/C23H22N3O6S/c1-2-32-23(27)22(12-17-14-24-21-13-18(26(28)29)8-10-20(17)21)25-33(30,31)19-9-7-15-5-3-4-6-16(15)11-19/h3-11,13-14,22,24-25,28H,2,12H2,1H3/q-1. The largest absolute Gasteiger partial charge is 0.733 e. The number of rotatable bonds is 8. The monoisotopic (exact) mass is 468 g/mol. The molecule has 0 bridgehead atoms. The van der Waals surface area contributed by atoms with E-state index in [1.165, 1.54) is 18.2 Å². The number of ether oxygens (including phenoxy) is 1. The number of nitrogens with zero attached hydrogens (tertiary/aromatic N) is 1. The normalized spacial score (nSPS) is 12.7. The van der Waals surface area contributed by atoms with Crippen LogP contribution in [0.1, 0.15) is 12.5 Å². The van der Waals surface area contributed by atoms with E-state index in [-0.39, 0.29) is 28.8 Å². The van der Waals surface area contributed by atoms with Crippen molar-refractivity contribution in [2.24, 2.45) is 0 Å². The number of sulfonamides is 1. The molecule has 0 spiro atoms. The highest BCUT2D eigenvalue weighted by Crippen LogP contribution is 2.25. The van der Waals surface area contributed by atoms with Crippen molar-refractivity contribution >= 4 is 43.4 Å². The highest BCUT2D eigenvalue weighted by molar-refractivity contribution is 7.89. The van der Waals surface area contributed by atoms with Gasteiger partial charge in [-0.2, -0.15) is 4.72 Å². The van der Waals surface area contributed by atoms with E-state index in [9.17, 15) is 18.4 Å². The van der Waals surface area contributed by atoms with Gasteiger partial charge >= 0.3 is 5.97 Å². The van der Waals surface area contributed by atoms with Crippen molar-refractivity contribution in [2.45, 2.75) is 24.3 Å². The summed E-state index contributed by atoms with van der Waals surface area (Å²) in [5.41, 5.74) is 1.23. The first-order chi connectivity index (χ1) is 15.8. The molecule has 0 saturated heterocycles. The number of hydrogen-bond donors (Lipinski definition) is 3. The van der Waals surface area contributed by atoms with Crippen LogP contribution in [0.5, 0.6) is 0 Å². The predicted molar refractivity (Wildman–Crippen MR) is 124 cm³/mol. The minimum Gasteiger partial charge on any atom is -0.733 e. The molecule has 10 heteroatoms. The maximum atomic E-state index is 13.1. The summed E-state index contributed by atoms with van der Waals surface area (Å²) >= 11 is 0. The Hall–Kier alpha value is -3.44. The minimum atomic E-state index is -4.03. The van der Waals surface area contributed by atoms with Gasteiger partial charge in [-0.25, -0.2) is 8.42 Å². The molecule has 0 aliphatic rings. The zero-order chi connectivity index (χ0) is 23.6. The molecule has 4 aromatic rings. The molecule has 0 amide bonds. The number of H-pyrrole nitrogens is 1. The van der Waals surface area contributed by atoms with Crippen LogP contribution in [0.2, 0.25) is 0 Å². The molecule has 172 valence electrons. The van der Waals surface area contributed by atoms with Crippen molar-refractivity contribution in [1.29, 1.82) is 0 Å². The van der Waals surface area contributed by atoms with Gasteiger partial charge in [-0.3, -0.25) is 10.0 Å². The fourth-order valence-electron chi connectivity index (χ4n) is 3.69. The number of aromatic amines is 1. The second kappa shape index (κ2) is 9.20. The highest BCUT2D eigenvalue weighted by atomic mass is 32.2. The molecule has 33 heavy (non-hydrogen) atoms. The molecular weight excluding hydrogens is 446 g/mol. The van der Waals surface area contributed by atoms with Crippen LogP contribution in [-0.2, 0) is 26.0 Å². The molecule has 1 unspecified atom stereocenters. The number of fused-ring (bicyclic) bond motifs is 2. The average Bonchev–Trinajstić information content (AvgIpc) is 3.20. The van der Waals surface area contributed by atoms with Gasteiger partial charge in [0, 0.05) is 23.5 Å². The van der Waals surface area contributed by atoms with E-state index >= 15 is 0 Å². The van der Waals surface area contributed by atoms with Crippen molar-refractivity contribution in [2.75, 3.05) is 11.8 Å². The van der Waals surface area contributed by atoms with E-state index in [0.717, 1.165) is 10.8 Å². The number of carbonyl (C=O) groups excluding carboxylic acids is 1. The van der Waals surface area contributed by atoms with Crippen LogP contribution in [0.25, 0.3) is 21.7 Å². The highest BCUT2D eigenvalue weighted by Gasteiger charge is 2.28. The van der Waals surface area contributed by atoms with Crippen molar-refractivity contribution in [3.05, 3.63) is 77.6 Å². The Morgan fingerprint density at radius 1 is 1.15 bits per heavy atom. The number of nitrogens with one attached hydrogen (secondary N) is 2. The van der Waals surface area contributed by atoms with Crippen LogP contribution < -0.4 is 9.95 Å². The summed E-state index contributed by atoms with van der Waals surface area (Å²) in [6.07, 6.45) is 1.64. The predicted octanol–water partition coefficient (Wildman–Crippen LogP) is 3.47. The van der Waals surface area contributed by atoms with Gasteiger partial charge in [0.25, 0.3) is 0 Å². The van der Waals surface area contributed by atoms with Crippen LogP contribution in [0.3, 0.4) is 0 Å². The van der Waals surface area contributed by atoms with E-state index in [2.05, 4.69) is 9.71 Å². The van der Waals surface area contributed by atoms with Crippen molar-refractivity contribution < 1.29 is 23.2 Å². The second-order valence-corrected chi connectivity index (χ2v) is 9.17. The van der Waals surface area contributed by atoms with Crippen LogP contribution in [-0.4, -0.2) is 37.2 Å². The van der Waals surface area contributed by atoms with Gasteiger partial charge in [-0.1, -0.05) is 36.4 Å². The lowest BCUT2D eigenvalue weighted by Crippen LogP contribution is -2.43. The Balaban J connectivity index is 1.64. The SMILES string of the molecule is CCOC(=O)C(Cc1c[nH]c2cc(N([O-])O)ccc12)NS(=O)(=O)c1ccc2ccccc2c1. The molecule has 0 aliphatic heterocycles. The zero-order valence-corrected chi connectivity index (χ0v) is 18.5. The summed E-state index contributed by atoms with van der Waals surface area (Å²) < 4.78 is 33.8. The van der Waals surface area contributed by atoms with Gasteiger partial charge in [0.05, 0.1) is 17.2 Å². The molecule has 1 atom stereocenters. The molecule has 4 rings (SSSR count). The van der Waals surface area contributed by atoms with Gasteiger partial charge in [0.15, 0.2) is 0 Å². The first-order valence-corrected chi connectivity index (χ1v) is 11.7. The average molecular weight is 469 g/mol. The van der Waals surface area contributed by atoms with Crippen LogP contribution in [0.15, 0.2) is 71.8 Å². The zero-order valence-electron chi connectivity index (χ0n) is 17.7. The fourth-order valence-corrected chi connectivity index (χ4v) is 4.91.